The lowest BCUT2D eigenvalue weighted by atomic mass is 9.91. The summed E-state index contributed by atoms with van der Waals surface area (Å²) in [4.78, 5) is 2.40. The fourth-order valence-corrected chi connectivity index (χ4v) is 2.90. The molecule has 3 nitrogen and oxygen atoms in total. The molecule has 0 radical (unpaired) electrons. The number of aromatic hydroxyl groups is 1. The van der Waals surface area contributed by atoms with Crippen molar-refractivity contribution in [1.29, 1.82) is 0 Å². The molecule has 0 aliphatic rings. The predicted octanol–water partition coefficient (Wildman–Crippen LogP) is 3.91. The van der Waals surface area contributed by atoms with Crippen molar-refractivity contribution in [2.24, 2.45) is 11.1 Å². The van der Waals surface area contributed by atoms with E-state index >= 15 is 0 Å². The average molecular weight is 343 g/mol. The van der Waals surface area contributed by atoms with Crippen LogP contribution in [0.25, 0.3) is 0 Å². The van der Waals surface area contributed by atoms with E-state index in [-0.39, 0.29) is 11.5 Å². The summed E-state index contributed by atoms with van der Waals surface area (Å²) in [5.41, 5.74) is 6.92. The highest BCUT2D eigenvalue weighted by molar-refractivity contribution is 9.10. The molecular formula is C16H27BrN2O. The Kier molecular flexibility index (Phi) is 6.49. The van der Waals surface area contributed by atoms with E-state index < -0.39 is 0 Å². The third-order valence-corrected chi connectivity index (χ3v) is 4.26. The Bertz CT molecular complexity index is 434. The van der Waals surface area contributed by atoms with Crippen LogP contribution in [0.3, 0.4) is 0 Å². The third-order valence-electron chi connectivity index (χ3n) is 3.77. The number of hydrogen-bond donors (Lipinski definition) is 2. The Balaban J connectivity index is 3.06. The maximum atomic E-state index is 10.2. The van der Waals surface area contributed by atoms with Crippen LogP contribution in [-0.4, -0.2) is 29.6 Å². The van der Waals surface area contributed by atoms with Gasteiger partial charge < -0.3 is 10.8 Å². The summed E-state index contributed by atoms with van der Waals surface area (Å²) in [6, 6.07) is 5.85. The van der Waals surface area contributed by atoms with E-state index in [9.17, 15) is 5.11 Å². The fraction of sp³-hybridized carbons (Fsp3) is 0.625. The molecule has 0 aromatic heterocycles. The van der Waals surface area contributed by atoms with Crippen LogP contribution >= 0.6 is 15.9 Å². The Labute approximate surface area is 131 Å². The van der Waals surface area contributed by atoms with E-state index in [4.69, 9.17) is 5.73 Å². The van der Waals surface area contributed by atoms with Gasteiger partial charge >= 0.3 is 0 Å². The van der Waals surface area contributed by atoms with Gasteiger partial charge in [0.1, 0.15) is 5.75 Å². The molecule has 0 amide bonds. The highest BCUT2D eigenvalue weighted by Crippen LogP contribution is 2.34. The molecule has 4 heteroatoms. The molecule has 20 heavy (non-hydrogen) atoms. The van der Waals surface area contributed by atoms with Crippen LogP contribution in [0.1, 0.15) is 45.7 Å². The molecule has 0 fully saturated rings. The molecule has 114 valence electrons. The van der Waals surface area contributed by atoms with Gasteiger partial charge in [-0.3, -0.25) is 4.90 Å². The number of halogens is 1. The van der Waals surface area contributed by atoms with Gasteiger partial charge in [0, 0.05) is 22.6 Å². The maximum absolute atomic E-state index is 10.2. The Morgan fingerprint density at radius 2 is 2.00 bits per heavy atom. The zero-order valence-corrected chi connectivity index (χ0v) is 14.6. The van der Waals surface area contributed by atoms with Crippen molar-refractivity contribution in [3.8, 4) is 5.75 Å². The molecule has 0 spiro atoms. The van der Waals surface area contributed by atoms with E-state index in [0.717, 1.165) is 29.5 Å². The second-order valence-corrected chi connectivity index (χ2v) is 6.97. The Morgan fingerprint density at radius 1 is 1.35 bits per heavy atom. The van der Waals surface area contributed by atoms with Crippen LogP contribution in [0.5, 0.6) is 5.75 Å². The van der Waals surface area contributed by atoms with Gasteiger partial charge in [-0.15, -0.1) is 0 Å². The first kappa shape index (κ1) is 17.5. The number of benzene rings is 1. The average Bonchev–Trinajstić information content (AvgIpc) is 2.42. The summed E-state index contributed by atoms with van der Waals surface area (Å²) in [5.74, 6) is 0.365. The second-order valence-electron chi connectivity index (χ2n) is 6.06. The minimum Gasteiger partial charge on any atom is -0.508 e. The van der Waals surface area contributed by atoms with Crippen molar-refractivity contribution in [2.45, 2.75) is 40.2 Å². The molecule has 1 aromatic rings. The van der Waals surface area contributed by atoms with Gasteiger partial charge in [0.15, 0.2) is 0 Å². The zero-order chi connectivity index (χ0) is 15.3. The van der Waals surface area contributed by atoms with Gasteiger partial charge in [0.2, 0.25) is 0 Å². The highest BCUT2D eigenvalue weighted by atomic mass is 79.9. The summed E-state index contributed by atoms with van der Waals surface area (Å²) in [7, 11) is 0. The molecule has 0 saturated heterocycles. The van der Waals surface area contributed by atoms with Gasteiger partial charge in [0.05, 0.1) is 0 Å². The van der Waals surface area contributed by atoms with Crippen molar-refractivity contribution in [3.63, 3.8) is 0 Å². The maximum Gasteiger partial charge on any atom is 0.120 e. The zero-order valence-electron chi connectivity index (χ0n) is 13.0. The number of phenolic OH excluding ortho intramolecular Hbond substituents is 1. The molecule has 1 rings (SSSR count). The summed E-state index contributed by atoms with van der Waals surface area (Å²) < 4.78 is 0.998. The van der Waals surface area contributed by atoms with Gasteiger partial charge in [-0.25, -0.2) is 0 Å². The molecule has 0 heterocycles. The van der Waals surface area contributed by atoms with E-state index in [0.29, 0.717) is 12.3 Å². The molecule has 1 atom stereocenters. The summed E-state index contributed by atoms with van der Waals surface area (Å²) >= 11 is 3.49. The molecular weight excluding hydrogens is 316 g/mol. The number of hydrogen-bond acceptors (Lipinski definition) is 3. The molecule has 0 saturated carbocycles. The largest absolute Gasteiger partial charge is 0.508 e. The summed E-state index contributed by atoms with van der Waals surface area (Å²) in [6.45, 7) is 11.2. The van der Waals surface area contributed by atoms with Crippen molar-refractivity contribution in [3.05, 3.63) is 28.2 Å². The van der Waals surface area contributed by atoms with Gasteiger partial charge in [0.25, 0.3) is 0 Å². The molecule has 1 aromatic carbocycles. The number of phenols is 1. The summed E-state index contributed by atoms with van der Waals surface area (Å²) in [6.07, 6.45) is 0.957. The molecule has 1 unspecified atom stereocenters. The molecule has 0 aliphatic carbocycles. The van der Waals surface area contributed by atoms with Crippen molar-refractivity contribution in [2.75, 3.05) is 19.6 Å². The number of nitrogens with two attached hydrogens (primary N) is 1. The standard InChI is InChI=1S/C16H27BrN2O/c1-5-14(13-9-12(17)7-8-15(13)20)19(6-2)11-16(3,4)10-18/h7-9,14,20H,5-6,10-11,18H2,1-4H3. The van der Waals surface area contributed by atoms with Gasteiger partial charge in [-0.1, -0.05) is 43.6 Å². The lowest BCUT2D eigenvalue weighted by Crippen LogP contribution is -2.40. The predicted molar refractivity (Wildman–Crippen MR) is 88.9 cm³/mol. The number of nitrogens with zero attached hydrogens (tertiary/aromatic N) is 1. The van der Waals surface area contributed by atoms with Crippen molar-refractivity contribution in [1.82, 2.24) is 4.90 Å². The van der Waals surface area contributed by atoms with E-state index in [2.05, 4.69) is 48.5 Å². The monoisotopic (exact) mass is 342 g/mol. The van der Waals surface area contributed by atoms with Crippen LogP contribution in [0.15, 0.2) is 22.7 Å². The van der Waals surface area contributed by atoms with Crippen LogP contribution in [-0.2, 0) is 0 Å². The van der Waals surface area contributed by atoms with E-state index in [1.165, 1.54) is 0 Å². The van der Waals surface area contributed by atoms with Gasteiger partial charge in [-0.05, 0) is 43.1 Å². The number of rotatable bonds is 7. The first-order chi connectivity index (χ1) is 9.34. The first-order valence-electron chi connectivity index (χ1n) is 7.27. The Morgan fingerprint density at radius 3 is 2.50 bits per heavy atom. The molecule has 3 N–H and O–H groups in total. The van der Waals surface area contributed by atoms with Crippen LogP contribution < -0.4 is 5.73 Å². The first-order valence-corrected chi connectivity index (χ1v) is 8.06. The second kappa shape index (κ2) is 7.43. The smallest absolute Gasteiger partial charge is 0.120 e. The normalized spacial score (nSPS) is 13.8. The SMILES string of the molecule is CCC(c1cc(Br)ccc1O)N(CC)CC(C)(C)CN. The third kappa shape index (κ3) is 4.47. The van der Waals surface area contributed by atoms with Crippen LogP contribution in [0.4, 0.5) is 0 Å². The summed E-state index contributed by atoms with van der Waals surface area (Å²) in [5, 5.41) is 10.2. The lowest BCUT2D eigenvalue weighted by Gasteiger charge is -2.37. The minimum atomic E-state index is 0.0745. The van der Waals surface area contributed by atoms with Crippen LogP contribution in [0, 0.1) is 5.41 Å². The van der Waals surface area contributed by atoms with Gasteiger partial charge in [-0.2, -0.15) is 0 Å². The Hall–Kier alpha value is -0.580. The molecule has 0 bridgehead atoms. The lowest BCUT2D eigenvalue weighted by molar-refractivity contribution is 0.134. The molecule has 0 aliphatic heterocycles. The quantitative estimate of drug-likeness (QED) is 0.789. The van der Waals surface area contributed by atoms with Crippen molar-refractivity contribution < 1.29 is 5.11 Å². The topological polar surface area (TPSA) is 49.5 Å². The minimum absolute atomic E-state index is 0.0745. The van der Waals surface area contributed by atoms with E-state index in [1.807, 2.05) is 12.1 Å². The van der Waals surface area contributed by atoms with E-state index in [1.54, 1.807) is 6.07 Å². The highest BCUT2D eigenvalue weighted by Gasteiger charge is 2.26. The van der Waals surface area contributed by atoms with Crippen molar-refractivity contribution >= 4 is 15.9 Å². The van der Waals surface area contributed by atoms with Crippen LogP contribution in [0.2, 0.25) is 0 Å². The fourth-order valence-electron chi connectivity index (χ4n) is 2.52.